The highest BCUT2D eigenvalue weighted by Crippen LogP contribution is 2.40. The molecule has 27 heavy (non-hydrogen) atoms. The summed E-state index contributed by atoms with van der Waals surface area (Å²) in [6.07, 6.45) is 1.42. The van der Waals surface area contributed by atoms with Gasteiger partial charge in [-0.1, -0.05) is 25.4 Å². The number of halogens is 4. The topological polar surface area (TPSA) is 73.0 Å². The minimum absolute atomic E-state index is 0.105. The Kier molecular flexibility index (Phi) is 6.93. The highest BCUT2D eigenvalue weighted by molar-refractivity contribution is 8.00. The fourth-order valence-corrected chi connectivity index (χ4v) is 3.17. The van der Waals surface area contributed by atoms with Crippen LogP contribution in [-0.4, -0.2) is 49.3 Å². The van der Waals surface area contributed by atoms with E-state index in [1.54, 1.807) is 0 Å². The Hall–Kier alpha value is -2.01. The number of hydrogen-bond donors (Lipinski definition) is 0. The van der Waals surface area contributed by atoms with Crippen molar-refractivity contribution in [1.82, 2.24) is 24.7 Å². The van der Waals surface area contributed by atoms with Gasteiger partial charge >= 0.3 is 17.2 Å². The molecule has 0 saturated carbocycles. The Balaban J connectivity index is 2.33. The first-order chi connectivity index (χ1) is 12.7. The predicted molar refractivity (Wildman–Crippen MR) is 95.5 cm³/mol. The molecule has 12 heteroatoms. The van der Waals surface area contributed by atoms with E-state index in [4.69, 9.17) is 11.6 Å². The summed E-state index contributed by atoms with van der Waals surface area (Å²) in [6.45, 7) is 4.72. The Morgan fingerprint density at radius 1 is 1.22 bits per heavy atom. The van der Waals surface area contributed by atoms with Crippen molar-refractivity contribution in [2.75, 3.05) is 13.1 Å². The van der Waals surface area contributed by atoms with Crippen molar-refractivity contribution in [2.45, 2.75) is 37.1 Å². The van der Waals surface area contributed by atoms with Gasteiger partial charge in [0, 0.05) is 18.0 Å². The molecule has 2 aromatic rings. The molecule has 0 aliphatic rings. The summed E-state index contributed by atoms with van der Waals surface area (Å²) in [5.74, 6) is 0. The Morgan fingerprint density at radius 2 is 1.85 bits per heavy atom. The lowest BCUT2D eigenvalue weighted by Gasteiger charge is -2.19. The number of benzene rings is 1. The van der Waals surface area contributed by atoms with Crippen LogP contribution in [0, 0.1) is 0 Å². The minimum Gasteiger partial charge on any atom is -0.323 e. The second-order valence-electron chi connectivity index (χ2n) is 5.52. The average Bonchev–Trinajstić information content (AvgIpc) is 2.96. The number of aromatic nitrogens is 4. The third-order valence-electron chi connectivity index (χ3n) is 3.41. The number of rotatable bonds is 6. The average molecular weight is 424 g/mol. The molecule has 148 valence electrons. The van der Waals surface area contributed by atoms with Gasteiger partial charge in [0.15, 0.2) is 0 Å². The van der Waals surface area contributed by atoms with Crippen LogP contribution in [0.4, 0.5) is 18.0 Å². The Labute approximate surface area is 162 Å². The third-order valence-corrected chi connectivity index (χ3v) is 4.64. The normalized spacial score (nSPS) is 11.6. The van der Waals surface area contributed by atoms with Crippen LogP contribution in [0.25, 0.3) is 5.69 Å². The SMILES string of the molecule is CCCN(CCC)C(=O)n1nnn(-c2ccc(SC(F)(F)F)c(Cl)c2)c1=O. The van der Waals surface area contributed by atoms with Crippen molar-refractivity contribution in [3.63, 3.8) is 0 Å². The number of amides is 1. The molecule has 0 bridgehead atoms. The van der Waals surface area contributed by atoms with Gasteiger partial charge in [-0.05, 0) is 53.2 Å². The molecule has 1 aromatic carbocycles. The number of thioether (sulfide) groups is 1. The third kappa shape index (κ3) is 5.25. The monoisotopic (exact) mass is 423 g/mol. The van der Waals surface area contributed by atoms with Gasteiger partial charge in [0.05, 0.1) is 10.7 Å². The van der Waals surface area contributed by atoms with Crippen LogP contribution in [0.15, 0.2) is 27.9 Å². The van der Waals surface area contributed by atoms with Crippen LogP contribution in [-0.2, 0) is 0 Å². The van der Waals surface area contributed by atoms with Gasteiger partial charge in [-0.3, -0.25) is 0 Å². The second kappa shape index (κ2) is 8.79. The highest BCUT2D eigenvalue weighted by Gasteiger charge is 2.30. The summed E-state index contributed by atoms with van der Waals surface area (Å²) >= 11 is 5.51. The summed E-state index contributed by atoms with van der Waals surface area (Å²) in [6, 6.07) is 2.94. The molecule has 7 nitrogen and oxygen atoms in total. The van der Waals surface area contributed by atoms with Crippen molar-refractivity contribution >= 4 is 29.4 Å². The largest absolute Gasteiger partial charge is 0.446 e. The van der Waals surface area contributed by atoms with E-state index in [2.05, 4.69) is 10.4 Å². The van der Waals surface area contributed by atoms with Gasteiger partial charge in [0.1, 0.15) is 0 Å². The molecular formula is C15H17ClF3N5O2S. The zero-order valence-electron chi connectivity index (χ0n) is 14.5. The van der Waals surface area contributed by atoms with E-state index in [1.165, 1.54) is 11.0 Å². The molecule has 0 N–H and O–H groups in total. The maximum absolute atomic E-state index is 12.5. The van der Waals surface area contributed by atoms with Crippen molar-refractivity contribution < 1.29 is 18.0 Å². The number of nitrogens with zero attached hydrogens (tertiary/aromatic N) is 5. The van der Waals surface area contributed by atoms with Gasteiger partial charge in [0.25, 0.3) is 0 Å². The van der Waals surface area contributed by atoms with Crippen molar-refractivity contribution in [1.29, 1.82) is 0 Å². The lowest BCUT2D eigenvalue weighted by atomic mass is 10.3. The number of carbonyl (C=O) groups is 1. The molecule has 0 unspecified atom stereocenters. The lowest BCUT2D eigenvalue weighted by Crippen LogP contribution is -2.41. The van der Waals surface area contributed by atoms with E-state index in [9.17, 15) is 22.8 Å². The summed E-state index contributed by atoms with van der Waals surface area (Å²) in [5, 5.41) is 7.03. The second-order valence-corrected chi connectivity index (χ2v) is 7.03. The van der Waals surface area contributed by atoms with E-state index in [-0.39, 0.29) is 27.4 Å². The number of carbonyl (C=O) groups excluding carboxylic acids is 1. The molecule has 0 atom stereocenters. The fourth-order valence-electron chi connectivity index (χ4n) is 2.33. The minimum atomic E-state index is -4.49. The van der Waals surface area contributed by atoms with E-state index >= 15 is 0 Å². The van der Waals surface area contributed by atoms with Crippen LogP contribution in [0.5, 0.6) is 0 Å². The van der Waals surface area contributed by atoms with Crippen LogP contribution in [0.3, 0.4) is 0 Å². The Morgan fingerprint density at radius 3 is 2.37 bits per heavy atom. The summed E-state index contributed by atoms with van der Waals surface area (Å²) in [7, 11) is 0. The van der Waals surface area contributed by atoms with Crippen molar-refractivity contribution in [3.8, 4) is 5.69 Å². The molecule has 0 spiro atoms. The van der Waals surface area contributed by atoms with E-state index in [0.29, 0.717) is 30.6 Å². The fraction of sp³-hybridized carbons (Fsp3) is 0.467. The molecule has 0 radical (unpaired) electrons. The molecule has 0 fully saturated rings. The molecule has 1 aromatic heterocycles. The van der Waals surface area contributed by atoms with E-state index in [1.807, 2.05) is 13.8 Å². The molecule has 2 rings (SSSR count). The van der Waals surface area contributed by atoms with Crippen LogP contribution >= 0.6 is 23.4 Å². The molecule has 1 amide bonds. The van der Waals surface area contributed by atoms with Gasteiger partial charge in [-0.2, -0.15) is 17.9 Å². The molecule has 0 aliphatic carbocycles. The maximum Gasteiger partial charge on any atom is 0.446 e. The van der Waals surface area contributed by atoms with E-state index in [0.717, 1.165) is 16.8 Å². The molecule has 0 aliphatic heterocycles. The standard InChI is InChI=1S/C15H17ClF3N5O2S/c1-3-7-22(8-4-2)13(25)24-14(26)23(20-21-24)10-5-6-12(11(16)9-10)27-15(17,18)19/h5-6,9H,3-4,7-8H2,1-2H3. The van der Waals surface area contributed by atoms with Gasteiger partial charge in [-0.25, -0.2) is 9.59 Å². The Bertz CT molecular complexity index is 862. The van der Waals surface area contributed by atoms with Crippen molar-refractivity contribution in [2.24, 2.45) is 0 Å². The number of alkyl halides is 3. The first-order valence-electron chi connectivity index (χ1n) is 8.08. The maximum atomic E-state index is 12.5. The zero-order chi connectivity index (χ0) is 20.2. The predicted octanol–water partition coefficient (Wildman–Crippen LogP) is 3.78. The van der Waals surface area contributed by atoms with Crippen LogP contribution in [0.2, 0.25) is 5.02 Å². The zero-order valence-corrected chi connectivity index (χ0v) is 16.1. The van der Waals surface area contributed by atoms with Crippen LogP contribution < -0.4 is 5.69 Å². The highest BCUT2D eigenvalue weighted by atomic mass is 35.5. The number of hydrogen-bond acceptors (Lipinski definition) is 5. The number of tetrazole rings is 1. The molecule has 0 saturated heterocycles. The van der Waals surface area contributed by atoms with E-state index < -0.39 is 17.2 Å². The van der Waals surface area contributed by atoms with Gasteiger partial charge in [-0.15, -0.1) is 4.68 Å². The summed E-state index contributed by atoms with van der Waals surface area (Å²) in [4.78, 5) is 26.2. The first-order valence-corrected chi connectivity index (χ1v) is 9.27. The molecular weight excluding hydrogens is 407 g/mol. The lowest BCUT2D eigenvalue weighted by molar-refractivity contribution is -0.0328. The van der Waals surface area contributed by atoms with Gasteiger partial charge in [0.2, 0.25) is 0 Å². The molecule has 1 heterocycles. The first kappa shape index (κ1) is 21.3. The van der Waals surface area contributed by atoms with Crippen molar-refractivity contribution in [3.05, 3.63) is 33.7 Å². The van der Waals surface area contributed by atoms with Crippen LogP contribution in [0.1, 0.15) is 26.7 Å². The quantitative estimate of drug-likeness (QED) is 0.522. The smallest absolute Gasteiger partial charge is 0.323 e. The summed E-state index contributed by atoms with van der Waals surface area (Å²) < 4.78 is 38.9. The van der Waals surface area contributed by atoms with Gasteiger partial charge < -0.3 is 4.90 Å². The summed E-state index contributed by atoms with van der Waals surface area (Å²) in [5.41, 5.74) is -5.21.